The molecule has 0 radical (unpaired) electrons. The second-order valence-corrected chi connectivity index (χ2v) is 5.51. The molecule has 0 spiro atoms. The largest absolute Gasteiger partial charge is 0.507 e. The normalized spacial score (nSPS) is 10.3. The average Bonchev–Trinajstić information content (AvgIpc) is 2.39. The fourth-order valence-corrected chi connectivity index (χ4v) is 2.28. The Hall–Kier alpha value is -2.01. The lowest BCUT2D eigenvalue weighted by atomic mass is 10.1. The zero-order valence-corrected chi connectivity index (χ0v) is 12.8. The number of nitrogens with two attached hydrogens (primary N) is 1. The monoisotopic (exact) mass is 334 g/mol. The molecule has 4 nitrogen and oxygen atoms in total. The Morgan fingerprint density at radius 2 is 1.95 bits per heavy atom. The number of anilines is 2. The van der Waals surface area contributed by atoms with E-state index >= 15 is 0 Å². The maximum atomic E-state index is 12.2. The molecule has 5 heteroatoms. The Kier molecular flexibility index (Phi) is 3.99. The van der Waals surface area contributed by atoms with Gasteiger partial charge >= 0.3 is 0 Å². The number of phenols is 1. The highest BCUT2D eigenvalue weighted by molar-refractivity contribution is 9.10. The van der Waals surface area contributed by atoms with Gasteiger partial charge in [-0.3, -0.25) is 4.79 Å². The molecule has 104 valence electrons. The number of aryl methyl sites for hydroxylation is 1. The summed E-state index contributed by atoms with van der Waals surface area (Å²) in [7, 11) is 0. The summed E-state index contributed by atoms with van der Waals surface area (Å²) in [5, 5.41) is 12.6. The first-order valence-electron chi connectivity index (χ1n) is 6.05. The van der Waals surface area contributed by atoms with Crippen molar-refractivity contribution in [1.82, 2.24) is 0 Å². The van der Waals surface area contributed by atoms with Crippen molar-refractivity contribution < 1.29 is 9.90 Å². The number of rotatable bonds is 2. The van der Waals surface area contributed by atoms with Crippen LogP contribution in [0.5, 0.6) is 5.75 Å². The predicted molar refractivity (Wildman–Crippen MR) is 84.1 cm³/mol. The fraction of sp³-hybridized carbons (Fsp3) is 0.133. The number of carbonyl (C=O) groups is 1. The molecule has 0 unspecified atom stereocenters. The molecular weight excluding hydrogens is 320 g/mol. The third-order valence-corrected chi connectivity index (χ3v) is 3.63. The first-order chi connectivity index (χ1) is 9.40. The minimum Gasteiger partial charge on any atom is -0.507 e. The van der Waals surface area contributed by atoms with Crippen molar-refractivity contribution in [2.24, 2.45) is 0 Å². The summed E-state index contributed by atoms with van der Waals surface area (Å²) in [5.41, 5.74) is 8.59. The van der Waals surface area contributed by atoms with Crippen LogP contribution in [0.1, 0.15) is 21.5 Å². The van der Waals surface area contributed by atoms with E-state index in [4.69, 9.17) is 5.73 Å². The molecule has 0 aromatic heterocycles. The molecule has 0 aliphatic heterocycles. The molecule has 0 aliphatic rings. The van der Waals surface area contributed by atoms with Gasteiger partial charge in [0.25, 0.3) is 5.91 Å². The van der Waals surface area contributed by atoms with Gasteiger partial charge in [0.15, 0.2) is 0 Å². The molecule has 2 aromatic rings. The summed E-state index contributed by atoms with van der Waals surface area (Å²) in [6.45, 7) is 3.56. The Labute approximate surface area is 125 Å². The Balaban J connectivity index is 2.30. The van der Waals surface area contributed by atoms with Gasteiger partial charge in [0.2, 0.25) is 0 Å². The van der Waals surface area contributed by atoms with E-state index in [1.807, 2.05) is 0 Å². The molecule has 0 atom stereocenters. The van der Waals surface area contributed by atoms with E-state index in [2.05, 4.69) is 21.2 Å². The van der Waals surface area contributed by atoms with E-state index < -0.39 is 0 Å². The number of carbonyl (C=O) groups excluding carboxylic acids is 1. The maximum Gasteiger partial charge on any atom is 0.257 e. The lowest BCUT2D eigenvalue weighted by Crippen LogP contribution is -2.14. The van der Waals surface area contributed by atoms with Gasteiger partial charge in [0.05, 0.1) is 5.56 Å². The van der Waals surface area contributed by atoms with Crippen LogP contribution in [0.25, 0.3) is 0 Å². The van der Waals surface area contributed by atoms with Crippen molar-refractivity contribution in [3.63, 3.8) is 0 Å². The zero-order valence-electron chi connectivity index (χ0n) is 11.2. The smallest absolute Gasteiger partial charge is 0.257 e. The number of aromatic hydroxyl groups is 1. The van der Waals surface area contributed by atoms with Gasteiger partial charge in [-0.25, -0.2) is 0 Å². The van der Waals surface area contributed by atoms with Crippen LogP contribution in [0.4, 0.5) is 11.4 Å². The Bertz CT molecular complexity index is 684. The second kappa shape index (κ2) is 5.54. The molecule has 0 fully saturated rings. The van der Waals surface area contributed by atoms with Crippen molar-refractivity contribution in [2.75, 3.05) is 11.1 Å². The SMILES string of the molecule is Cc1ccc(NC(=O)c2ccc(Br)cc2N)c(C)c1O. The molecule has 1 amide bonds. The van der Waals surface area contributed by atoms with Gasteiger partial charge in [-0.1, -0.05) is 22.0 Å². The van der Waals surface area contributed by atoms with Crippen molar-refractivity contribution in [3.05, 3.63) is 51.5 Å². The molecule has 2 aromatic carbocycles. The first kappa shape index (κ1) is 14.4. The van der Waals surface area contributed by atoms with E-state index in [0.717, 1.165) is 10.0 Å². The van der Waals surface area contributed by atoms with Gasteiger partial charge in [0, 0.05) is 21.4 Å². The van der Waals surface area contributed by atoms with Gasteiger partial charge in [-0.2, -0.15) is 0 Å². The topological polar surface area (TPSA) is 75.4 Å². The van der Waals surface area contributed by atoms with Crippen LogP contribution in [0.3, 0.4) is 0 Å². The minimum atomic E-state index is -0.304. The van der Waals surface area contributed by atoms with Gasteiger partial charge in [0.1, 0.15) is 5.75 Å². The third-order valence-electron chi connectivity index (χ3n) is 3.14. The van der Waals surface area contributed by atoms with Gasteiger partial charge < -0.3 is 16.2 Å². The second-order valence-electron chi connectivity index (χ2n) is 4.59. The standard InChI is InChI=1S/C15H15BrN2O2/c1-8-3-6-13(9(2)14(8)19)18-15(20)11-5-4-10(16)7-12(11)17/h3-7,19H,17H2,1-2H3,(H,18,20). The zero-order chi connectivity index (χ0) is 14.9. The van der Waals surface area contributed by atoms with Crippen LogP contribution >= 0.6 is 15.9 Å². The Morgan fingerprint density at radius 1 is 1.25 bits per heavy atom. The van der Waals surface area contributed by atoms with Crippen LogP contribution < -0.4 is 11.1 Å². The van der Waals surface area contributed by atoms with E-state index in [1.54, 1.807) is 44.2 Å². The molecular formula is C15H15BrN2O2. The molecule has 0 heterocycles. The van der Waals surface area contributed by atoms with Gasteiger partial charge in [-0.05, 0) is 43.7 Å². The lowest BCUT2D eigenvalue weighted by molar-refractivity contribution is 0.102. The number of phenolic OH excluding ortho intramolecular Hbond substituents is 1. The van der Waals surface area contributed by atoms with Crippen molar-refractivity contribution >= 4 is 33.2 Å². The lowest BCUT2D eigenvalue weighted by Gasteiger charge is -2.12. The van der Waals surface area contributed by atoms with Crippen LogP contribution in [0.2, 0.25) is 0 Å². The van der Waals surface area contributed by atoms with Crippen molar-refractivity contribution in [3.8, 4) is 5.75 Å². The number of nitrogen functional groups attached to an aromatic ring is 1. The van der Waals surface area contributed by atoms with Gasteiger partial charge in [-0.15, -0.1) is 0 Å². The number of hydrogen-bond donors (Lipinski definition) is 3. The quantitative estimate of drug-likeness (QED) is 0.734. The van der Waals surface area contributed by atoms with Crippen LogP contribution in [0.15, 0.2) is 34.8 Å². The molecule has 0 saturated carbocycles. The van der Waals surface area contributed by atoms with E-state index in [-0.39, 0.29) is 11.7 Å². The third kappa shape index (κ3) is 2.77. The Morgan fingerprint density at radius 3 is 2.60 bits per heavy atom. The number of amides is 1. The summed E-state index contributed by atoms with van der Waals surface area (Å²) in [5.74, 6) is -0.118. The highest BCUT2D eigenvalue weighted by Crippen LogP contribution is 2.29. The van der Waals surface area contributed by atoms with E-state index in [9.17, 15) is 9.90 Å². The summed E-state index contributed by atoms with van der Waals surface area (Å²) in [4.78, 5) is 12.2. The number of nitrogens with one attached hydrogen (secondary N) is 1. The molecule has 4 N–H and O–H groups in total. The average molecular weight is 335 g/mol. The summed E-state index contributed by atoms with van der Waals surface area (Å²) in [6, 6.07) is 8.59. The molecule has 0 aliphatic carbocycles. The number of hydrogen-bond acceptors (Lipinski definition) is 3. The summed E-state index contributed by atoms with van der Waals surface area (Å²) < 4.78 is 0.815. The van der Waals surface area contributed by atoms with Crippen LogP contribution in [0, 0.1) is 13.8 Å². The van der Waals surface area contributed by atoms with Crippen molar-refractivity contribution in [2.45, 2.75) is 13.8 Å². The van der Waals surface area contributed by atoms with Crippen LogP contribution in [-0.2, 0) is 0 Å². The maximum absolute atomic E-state index is 12.2. The van der Waals surface area contributed by atoms with Crippen LogP contribution in [-0.4, -0.2) is 11.0 Å². The van der Waals surface area contributed by atoms with Crippen molar-refractivity contribution in [1.29, 1.82) is 0 Å². The predicted octanol–water partition coefficient (Wildman–Crippen LogP) is 3.61. The fourth-order valence-electron chi connectivity index (χ4n) is 1.90. The molecule has 0 saturated heterocycles. The number of halogens is 1. The summed E-state index contributed by atoms with van der Waals surface area (Å²) >= 11 is 3.30. The molecule has 0 bridgehead atoms. The molecule has 2 rings (SSSR count). The number of benzene rings is 2. The van der Waals surface area contributed by atoms with E-state index in [1.165, 1.54) is 0 Å². The highest BCUT2D eigenvalue weighted by atomic mass is 79.9. The molecule has 20 heavy (non-hydrogen) atoms. The minimum absolute atomic E-state index is 0.187. The highest BCUT2D eigenvalue weighted by Gasteiger charge is 2.13. The summed E-state index contributed by atoms with van der Waals surface area (Å²) in [6.07, 6.45) is 0. The first-order valence-corrected chi connectivity index (χ1v) is 6.85. The van der Waals surface area contributed by atoms with E-state index in [0.29, 0.717) is 22.5 Å².